The molecule has 0 bridgehead atoms. The van der Waals surface area contributed by atoms with Gasteiger partial charge in [0.15, 0.2) is 0 Å². The lowest BCUT2D eigenvalue weighted by Gasteiger charge is -2.22. The van der Waals surface area contributed by atoms with Crippen molar-refractivity contribution in [1.82, 2.24) is 4.90 Å². The van der Waals surface area contributed by atoms with Crippen molar-refractivity contribution in [2.45, 2.75) is 39.8 Å². The molecule has 2 rings (SSSR count). The number of rotatable bonds is 7. The molecule has 0 fully saturated rings. The second-order valence-electron chi connectivity index (χ2n) is 5.55. The SMILES string of the molecule is CCCN(Cc1ccsc1)C(=O)c1ccc(OC(C)C)cc1. The van der Waals surface area contributed by atoms with E-state index in [1.807, 2.05) is 48.4 Å². The number of carbonyl (C=O) groups is 1. The Kier molecular flexibility index (Phi) is 6.01. The maximum Gasteiger partial charge on any atom is 0.254 e. The van der Waals surface area contributed by atoms with Gasteiger partial charge in [0.05, 0.1) is 6.10 Å². The van der Waals surface area contributed by atoms with Crippen molar-refractivity contribution in [3.63, 3.8) is 0 Å². The smallest absolute Gasteiger partial charge is 0.254 e. The zero-order valence-electron chi connectivity index (χ0n) is 13.4. The first-order chi connectivity index (χ1) is 10.6. The molecule has 0 saturated heterocycles. The normalized spacial score (nSPS) is 10.7. The van der Waals surface area contributed by atoms with Crippen LogP contribution in [0.3, 0.4) is 0 Å². The fourth-order valence-corrected chi connectivity index (χ4v) is 2.92. The molecule has 0 aliphatic carbocycles. The van der Waals surface area contributed by atoms with Crippen molar-refractivity contribution >= 4 is 17.2 Å². The molecule has 3 nitrogen and oxygen atoms in total. The van der Waals surface area contributed by atoms with Crippen molar-refractivity contribution in [2.75, 3.05) is 6.54 Å². The molecule has 0 N–H and O–H groups in total. The zero-order valence-corrected chi connectivity index (χ0v) is 14.2. The van der Waals surface area contributed by atoms with Crippen LogP contribution in [0.2, 0.25) is 0 Å². The third kappa shape index (κ3) is 4.60. The Balaban J connectivity index is 2.09. The lowest BCUT2D eigenvalue weighted by molar-refractivity contribution is 0.0743. The summed E-state index contributed by atoms with van der Waals surface area (Å²) in [6, 6.07) is 9.48. The van der Waals surface area contributed by atoms with Crippen LogP contribution in [-0.2, 0) is 6.54 Å². The summed E-state index contributed by atoms with van der Waals surface area (Å²) in [5.74, 6) is 0.871. The van der Waals surface area contributed by atoms with Crippen molar-refractivity contribution in [2.24, 2.45) is 0 Å². The van der Waals surface area contributed by atoms with Crippen molar-refractivity contribution in [1.29, 1.82) is 0 Å². The van der Waals surface area contributed by atoms with Crippen LogP contribution in [0.5, 0.6) is 5.75 Å². The fraction of sp³-hybridized carbons (Fsp3) is 0.389. The van der Waals surface area contributed by atoms with Crippen molar-refractivity contribution < 1.29 is 9.53 Å². The highest BCUT2D eigenvalue weighted by molar-refractivity contribution is 7.07. The molecule has 0 spiro atoms. The van der Waals surface area contributed by atoms with Gasteiger partial charge in [0.25, 0.3) is 5.91 Å². The summed E-state index contributed by atoms with van der Waals surface area (Å²) < 4.78 is 5.62. The van der Waals surface area contributed by atoms with Crippen LogP contribution in [0.1, 0.15) is 43.1 Å². The first-order valence-corrected chi connectivity index (χ1v) is 8.61. The van der Waals surface area contributed by atoms with E-state index >= 15 is 0 Å². The van der Waals surface area contributed by atoms with Gasteiger partial charge in [-0.3, -0.25) is 4.79 Å². The fourth-order valence-electron chi connectivity index (χ4n) is 2.26. The topological polar surface area (TPSA) is 29.5 Å². The van der Waals surface area contributed by atoms with Crippen molar-refractivity contribution in [3.8, 4) is 5.75 Å². The number of hydrogen-bond acceptors (Lipinski definition) is 3. The molecule has 1 aromatic heterocycles. The molecule has 0 aliphatic heterocycles. The van der Waals surface area contributed by atoms with Crippen LogP contribution in [0.25, 0.3) is 0 Å². The second-order valence-corrected chi connectivity index (χ2v) is 6.33. The summed E-state index contributed by atoms with van der Waals surface area (Å²) in [4.78, 5) is 14.6. The van der Waals surface area contributed by atoms with Gasteiger partial charge < -0.3 is 9.64 Å². The van der Waals surface area contributed by atoms with E-state index in [1.54, 1.807) is 11.3 Å². The van der Waals surface area contributed by atoms with Gasteiger partial charge in [-0.05, 0) is 66.9 Å². The minimum Gasteiger partial charge on any atom is -0.491 e. The average Bonchev–Trinajstić information content (AvgIpc) is 2.99. The monoisotopic (exact) mass is 317 g/mol. The summed E-state index contributed by atoms with van der Waals surface area (Å²) in [5, 5.41) is 4.14. The van der Waals surface area contributed by atoms with E-state index in [4.69, 9.17) is 4.74 Å². The molecule has 1 aromatic carbocycles. The van der Waals surface area contributed by atoms with E-state index in [-0.39, 0.29) is 12.0 Å². The maximum atomic E-state index is 12.7. The van der Waals surface area contributed by atoms with E-state index < -0.39 is 0 Å². The third-order valence-corrected chi connectivity index (χ3v) is 3.94. The Bertz CT molecular complexity index is 576. The molecule has 118 valence electrons. The number of thiophene rings is 1. The Hall–Kier alpha value is -1.81. The van der Waals surface area contributed by atoms with Crippen LogP contribution in [0.15, 0.2) is 41.1 Å². The highest BCUT2D eigenvalue weighted by Crippen LogP contribution is 2.17. The molecule has 1 amide bonds. The summed E-state index contributed by atoms with van der Waals surface area (Å²) in [6.45, 7) is 7.50. The summed E-state index contributed by atoms with van der Waals surface area (Å²) in [7, 11) is 0. The van der Waals surface area contributed by atoms with E-state index in [0.29, 0.717) is 12.1 Å². The first-order valence-electron chi connectivity index (χ1n) is 7.67. The molecule has 0 radical (unpaired) electrons. The first kappa shape index (κ1) is 16.6. The molecule has 0 aliphatic rings. The van der Waals surface area contributed by atoms with Crippen LogP contribution in [0, 0.1) is 0 Å². The highest BCUT2D eigenvalue weighted by Gasteiger charge is 2.15. The largest absolute Gasteiger partial charge is 0.491 e. The van der Waals surface area contributed by atoms with Crippen LogP contribution < -0.4 is 4.74 Å². The van der Waals surface area contributed by atoms with Gasteiger partial charge in [-0.25, -0.2) is 0 Å². The molecule has 4 heteroatoms. The van der Waals surface area contributed by atoms with E-state index in [0.717, 1.165) is 18.7 Å². The average molecular weight is 317 g/mol. The molecular formula is C18H23NO2S. The Labute approximate surface area is 136 Å². The van der Waals surface area contributed by atoms with Gasteiger partial charge >= 0.3 is 0 Å². The molecule has 0 unspecified atom stereocenters. The number of carbonyl (C=O) groups excluding carboxylic acids is 1. The quantitative estimate of drug-likeness (QED) is 0.747. The van der Waals surface area contributed by atoms with Gasteiger partial charge in [-0.2, -0.15) is 11.3 Å². The number of ether oxygens (including phenoxy) is 1. The van der Waals surface area contributed by atoms with Gasteiger partial charge in [-0.1, -0.05) is 6.92 Å². The van der Waals surface area contributed by atoms with Crippen LogP contribution in [-0.4, -0.2) is 23.5 Å². The molecule has 0 saturated carbocycles. The molecule has 22 heavy (non-hydrogen) atoms. The molecule has 2 aromatic rings. The Morgan fingerprint density at radius 2 is 1.95 bits per heavy atom. The standard InChI is InChI=1S/C18H23NO2S/c1-4-10-19(12-15-9-11-22-13-15)18(20)16-5-7-17(8-6-16)21-14(2)3/h5-9,11,13-14H,4,10,12H2,1-3H3. The summed E-state index contributed by atoms with van der Waals surface area (Å²) in [5.41, 5.74) is 1.89. The maximum absolute atomic E-state index is 12.7. The van der Waals surface area contributed by atoms with Gasteiger partial charge in [0, 0.05) is 18.7 Å². The Morgan fingerprint density at radius 3 is 2.50 bits per heavy atom. The van der Waals surface area contributed by atoms with E-state index in [1.165, 1.54) is 5.56 Å². The van der Waals surface area contributed by atoms with Crippen LogP contribution in [0.4, 0.5) is 0 Å². The lowest BCUT2D eigenvalue weighted by atomic mass is 10.1. The van der Waals surface area contributed by atoms with Crippen LogP contribution >= 0.6 is 11.3 Å². The Morgan fingerprint density at radius 1 is 1.23 bits per heavy atom. The van der Waals surface area contributed by atoms with Crippen molar-refractivity contribution in [3.05, 3.63) is 52.2 Å². The number of hydrogen-bond donors (Lipinski definition) is 0. The number of benzene rings is 1. The molecule has 0 atom stereocenters. The van der Waals surface area contributed by atoms with Gasteiger partial charge in [0.1, 0.15) is 5.75 Å². The summed E-state index contributed by atoms with van der Waals surface area (Å²) >= 11 is 1.66. The predicted octanol–water partition coefficient (Wildman–Crippen LogP) is 4.59. The predicted molar refractivity (Wildman–Crippen MR) is 91.6 cm³/mol. The highest BCUT2D eigenvalue weighted by atomic mass is 32.1. The number of amides is 1. The minimum absolute atomic E-state index is 0.0733. The second kappa shape index (κ2) is 7.99. The van der Waals surface area contributed by atoms with Gasteiger partial charge in [0.2, 0.25) is 0 Å². The lowest BCUT2D eigenvalue weighted by Crippen LogP contribution is -2.31. The van der Waals surface area contributed by atoms with E-state index in [9.17, 15) is 4.79 Å². The number of nitrogens with zero attached hydrogens (tertiary/aromatic N) is 1. The van der Waals surface area contributed by atoms with Gasteiger partial charge in [-0.15, -0.1) is 0 Å². The minimum atomic E-state index is 0.0733. The summed E-state index contributed by atoms with van der Waals surface area (Å²) in [6.07, 6.45) is 1.08. The molecule has 1 heterocycles. The zero-order chi connectivity index (χ0) is 15.9. The third-order valence-electron chi connectivity index (χ3n) is 3.21. The van der Waals surface area contributed by atoms with E-state index in [2.05, 4.69) is 18.4 Å². The molecular weight excluding hydrogens is 294 g/mol.